The molecular formula is C70H49NS. The fourth-order valence-electron chi connectivity index (χ4n) is 11.9. The molecule has 0 saturated carbocycles. The lowest BCUT2D eigenvalue weighted by Gasteiger charge is -2.24. The molecule has 1 unspecified atom stereocenters. The fourth-order valence-corrected chi connectivity index (χ4v) is 13.1. The van der Waals surface area contributed by atoms with E-state index in [4.69, 9.17) is 0 Å². The highest BCUT2D eigenvalue weighted by Gasteiger charge is 2.36. The zero-order valence-electron chi connectivity index (χ0n) is 40.2. The van der Waals surface area contributed by atoms with Gasteiger partial charge in [-0.3, -0.25) is 0 Å². The third-order valence-corrected chi connectivity index (χ3v) is 16.6. The van der Waals surface area contributed by atoms with E-state index in [-0.39, 0.29) is 11.3 Å². The summed E-state index contributed by atoms with van der Waals surface area (Å²) in [6.07, 6.45) is 0. The van der Waals surface area contributed by atoms with Crippen molar-refractivity contribution < 1.29 is 0 Å². The summed E-state index contributed by atoms with van der Waals surface area (Å²) in [7, 11) is 0. The molecule has 2 heteroatoms. The van der Waals surface area contributed by atoms with Crippen LogP contribution in [0.2, 0.25) is 0 Å². The topological polar surface area (TPSA) is 4.93 Å². The van der Waals surface area contributed by atoms with Crippen LogP contribution in [0, 0.1) is 0 Å². The summed E-state index contributed by atoms with van der Waals surface area (Å²) in [5.74, 6) is -0.0154. The monoisotopic (exact) mass is 935 g/mol. The minimum atomic E-state index is -0.0652. The smallest absolute Gasteiger partial charge is 0.0541 e. The van der Waals surface area contributed by atoms with Gasteiger partial charge in [-0.1, -0.05) is 214 Å². The van der Waals surface area contributed by atoms with Crippen molar-refractivity contribution in [2.75, 3.05) is 0 Å². The number of rotatable bonds is 8. The second kappa shape index (κ2) is 16.8. The zero-order valence-corrected chi connectivity index (χ0v) is 41.0. The number of hydrogen-bond donors (Lipinski definition) is 0. The van der Waals surface area contributed by atoms with Crippen molar-refractivity contribution in [2.45, 2.75) is 25.2 Å². The highest BCUT2D eigenvalue weighted by atomic mass is 32.1. The molecule has 1 aliphatic carbocycles. The van der Waals surface area contributed by atoms with Crippen LogP contribution in [0.15, 0.2) is 255 Å². The Morgan fingerprint density at radius 1 is 0.319 bits per heavy atom. The molecule has 72 heavy (non-hydrogen) atoms. The first-order chi connectivity index (χ1) is 35.4. The molecule has 340 valence electrons. The summed E-state index contributed by atoms with van der Waals surface area (Å²) in [5, 5.41) is 5.16. The molecule has 0 fully saturated rings. The van der Waals surface area contributed by atoms with Gasteiger partial charge in [-0.2, -0.15) is 0 Å². The molecule has 0 N–H and O–H groups in total. The number of thiophene rings is 1. The quantitative estimate of drug-likeness (QED) is 0.134. The standard InChI is InChI=1S/C70H49NS/c1-70(2)63-25-12-9-22-57(63)61-43-52(32-36-64(61)70)69(55-40-53(45-16-5-3-6-17-45)39-54(41-55)46-18-7-4-8-19-46)48-30-28-47(29-31-48)49-20-15-21-50(38-49)51-33-37-66-62(42-51)58-23-10-13-26-65(58)71(66)56-34-35-60-59-24-11-14-27-67(59)72-68(60)44-56/h3-44,69H,1-2H3. The van der Waals surface area contributed by atoms with Gasteiger partial charge in [-0.05, 0) is 138 Å². The van der Waals surface area contributed by atoms with Crippen LogP contribution in [0.4, 0.5) is 0 Å². The molecule has 0 radical (unpaired) electrons. The van der Waals surface area contributed by atoms with Crippen molar-refractivity contribution in [1.82, 2.24) is 4.57 Å². The van der Waals surface area contributed by atoms with Gasteiger partial charge < -0.3 is 4.57 Å². The van der Waals surface area contributed by atoms with Crippen LogP contribution in [0.3, 0.4) is 0 Å². The number of hydrogen-bond acceptors (Lipinski definition) is 1. The van der Waals surface area contributed by atoms with Crippen molar-refractivity contribution in [3.05, 3.63) is 283 Å². The first kappa shape index (κ1) is 42.3. The number of benzene rings is 11. The van der Waals surface area contributed by atoms with Crippen LogP contribution in [0.25, 0.3) is 103 Å². The summed E-state index contributed by atoms with van der Waals surface area (Å²) in [5.41, 5.74) is 22.5. The third kappa shape index (κ3) is 6.97. The summed E-state index contributed by atoms with van der Waals surface area (Å²) in [6.45, 7) is 4.73. The number of fused-ring (bicyclic) bond motifs is 9. The zero-order chi connectivity index (χ0) is 47.9. The van der Waals surface area contributed by atoms with E-state index in [9.17, 15) is 0 Å². The first-order valence-corrected chi connectivity index (χ1v) is 25.9. The van der Waals surface area contributed by atoms with E-state index in [1.165, 1.54) is 131 Å². The van der Waals surface area contributed by atoms with Gasteiger partial charge in [0.15, 0.2) is 0 Å². The van der Waals surface area contributed by atoms with Crippen molar-refractivity contribution in [1.29, 1.82) is 0 Å². The van der Waals surface area contributed by atoms with E-state index in [1.54, 1.807) is 0 Å². The van der Waals surface area contributed by atoms with Gasteiger partial charge in [-0.25, -0.2) is 0 Å². The molecule has 0 saturated heterocycles. The molecular weight excluding hydrogens is 887 g/mol. The molecule has 0 aliphatic heterocycles. The average molecular weight is 936 g/mol. The summed E-state index contributed by atoms with van der Waals surface area (Å²) in [6, 6.07) is 95.1. The highest BCUT2D eigenvalue weighted by Crippen LogP contribution is 2.50. The van der Waals surface area contributed by atoms with Gasteiger partial charge in [-0.15, -0.1) is 11.3 Å². The van der Waals surface area contributed by atoms with Gasteiger partial charge in [0.2, 0.25) is 0 Å². The maximum absolute atomic E-state index is 2.49. The predicted octanol–water partition coefficient (Wildman–Crippen LogP) is 19.3. The van der Waals surface area contributed by atoms with Crippen LogP contribution in [-0.4, -0.2) is 4.57 Å². The molecule has 14 rings (SSSR count). The van der Waals surface area contributed by atoms with E-state index in [1.807, 2.05) is 11.3 Å². The van der Waals surface area contributed by atoms with Crippen LogP contribution in [0.5, 0.6) is 0 Å². The minimum Gasteiger partial charge on any atom is -0.309 e. The van der Waals surface area contributed by atoms with E-state index in [2.05, 4.69) is 273 Å². The van der Waals surface area contributed by atoms with Crippen molar-refractivity contribution in [3.63, 3.8) is 0 Å². The molecule has 0 amide bonds. The summed E-state index contributed by atoms with van der Waals surface area (Å²) < 4.78 is 5.07. The lowest BCUT2D eigenvalue weighted by atomic mass is 9.79. The lowest BCUT2D eigenvalue weighted by molar-refractivity contribution is 0.660. The summed E-state index contributed by atoms with van der Waals surface area (Å²) >= 11 is 1.87. The summed E-state index contributed by atoms with van der Waals surface area (Å²) in [4.78, 5) is 0. The third-order valence-electron chi connectivity index (χ3n) is 15.5. The van der Waals surface area contributed by atoms with Crippen LogP contribution >= 0.6 is 11.3 Å². The number of aromatic nitrogens is 1. The van der Waals surface area contributed by atoms with E-state index in [0.717, 1.165) is 0 Å². The Kier molecular flexibility index (Phi) is 9.88. The predicted molar refractivity (Wildman–Crippen MR) is 307 cm³/mol. The second-order valence-corrected chi connectivity index (χ2v) is 21.1. The Labute approximate surface area is 424 Å². The van der Waals surface area contributed by atoms with Gasteiger partial charge in [0, 0.05) is 48.0 Å². The van der Waals surface area contributed by atoms with E-state index in [0.29, 0.717) is 0 Å². The largest absolute Gasteiger partial charge is 0.309 e. The van der Waals surface area contributed by atoms with Crippen LogP contribution in [-0.2, 0) is 5.41 Å². The molecule has 2 aromatic heterocycles. The molecule has 0 spiro atoms. The highest BCUT2D eigenvalue weighted by molar-refractivity contribution is 7.25. The first-order valence-electron chi connectivity index (χ1n) is 25.1. The van der Waals surface area contributed by atoms with Gasteiger partial charge in [0.25, 0.3) is 0 Å². The van der Waals surface area contributed by atoms with Crippen molar-refractivity contribution >= 4 is 53.3 Å². The van der Waals surface area contributed by atoms with Crippen LogP contribution < -0.4 is 0 Å². The average Bonchev–Trinajstić information content (AvgIpc) is 4.06. The van der Waals surface area contributed by atoms with Gasteiger partial charge in [0.1, 0.15) is 0 Å². The Balaban J connectivity index is 0.860. The Hall–Kier alpha value is -8.56. The van der Waals surface area contributed by atoms with E-state index < -0.39 is 0 Å². The van der Waals surface area contributed by atoms with Gasteiger partial charge in [0.05, 0.1) is 11.0 Å². The molecule has 13 aromatic rings. The minimum absolute atomic E-state index is 0.0154. The number of para-hydroxylation sites is 1. The Morgan fingerprint density at radius 2 is 0.875 bits per heavy atom. The van der Waals surface area contributed by atoms with Crippen molar-refractivity contribution in [3.8, 4) is 61.3 Å². The SMILES string of the molecule is CC1(C)c2ccccc2-c2cc(C(c3ccc(-c4cccc(-c5ccc6c(c5)c5ccccc5n6-c5ccc6c(c5)sc5ccccc56)c4)cc3)c3cc(-c4ccccc4)cc(-c4ccccc4)c3)ccc21. The lowest BCUT2D eigenvalue weighted by Crippen LogP contribution is -2.15. The Bertz CT molecular complexity index is 4170. The normalized spacial score (nSPS) is 13.2. The number of nitrogens with zero attached hydrogens (tertiary/aromatic N) is 1. The Morgan fingerprint density at radius 3 is 1.65 bits per heavy atom. The second-order valence-electron chi connectivity index (χ2n) is 20.1. The molecule has 1 atom stereocenters. The van der Waals surface area contributed by atoms with Gasteiger partial charge >= 0.3 is 0 Å². The molecule has 0 bridgehead atoms. The van der Waals surface area contributed by atoms with E-state index >= 15 is 0 Å². The van der Waals surface area contributed by atoms with Crippen molar-refractivity contribution in [2.24, 2.45) is 0 Å². The fraction of sp³-hybridized carbons (Fsp3) is 0.0571. The maximum Gasteiger partial charge on any atom is 0.0541 e. The molecule has 1 nitrogen and oxygen atoms in total. The molecule has 11 aromatic carbocycles. The van der Waals surface area contributed by atoms with Crippen LogP contribution in [0.1, 0.15) is 47.6 Å². The molecule has 2 heterocycles. The maximum atomic E-state index is 2.49. The molecule has 1 aliphatic rings.